The monoisotopic (exact) mass is 237 g/mol. The molecule has 1 unspecified atom stereocenters. The van der Waals surface area contributed by atoms with Crippen LogP contribution in [-0.2, 0) is 4.79 Å². The van der Waals surface area contributed by atoms with E-state index in [2.05, 4.69) is 4.98 Å². The van der Waals surface area contributed by atoms with Crippen molar-refractivity contribution in [3.63, 3.8) is 0 Å². The Hall–Kier alpha value is -1.55. The topological polar surface area (TPSA) is 60.4 Å². The van der Waals surface area contributed by atoms with Crippen molar-refractivity contribution in [2.45, 2.75) is 19.3 Å². The molecule has 2 aromatic heterocycles. The number of imidazole rings is 1. The van der Waals surface area contributed by atoms with Crippen molar-refractivity contribution >= 4 is 23.2 Å². The van der Waals surface area contributed by atoms with E-state index in [1.54, 1.807) is 28.9 Å². The van der Waals surface area contributed by atoms with Gasteiger partial charge in [-0.15, -0.1) is 0 Å². The fraction of sp³-hybridized carbons (Fsp3) is 0.273. The molecule has 1 amide bonds. The van der Waals surface area contributed by atoms with Gasteiger partial charge in [-0.2, -0.15) is 0 Å². The quantitative estimate of drug-likeness (QED) is 0.887. The first-order chi connectivity index (χ1) is 7.61. The zero-order valence-corrected chi connectivity index (χ0v) is 9.61. The first-order valence-electron chi connectivity index (χ1n) is 5.05. The minimum Gasteiger partial charge on any atom is -0.369 e. The van der Waals surface area contributed by atoms with Crippen LogP contribution in [0.3, 0.4) is 0 Å². The molecular weight excluding hydrogens is 226 g/mol. The summed E-state index contributed by atoms with van der Waals surface area (Å²) in [4.78, 5) is 15.6. The van der Waals surface area contributed by atoms with Gasteiger partial charge in [0.05, 0.1) is 16.6 Å². The van der Waals surface area contributed by atoms with Crippen molar-refractivity contribution < 1.29 is 4.79 Å². The van der Waals surface area contributed by atoms with E-state index in [1.807, 2.05) is 6.92 Å². The highest BCUT2D eigenvalue weighted by Gasteiger charge is 2.18. The fourth-order valence-electron chi connectivity index (χ4n) is 1.71. The molecule has 2 aromatic rings. The molecule has 0 aromatic carbocycles. The van der Waals surface area contributed by atoms with Crippen molar-refractivity contribution in [1.29, 1.82) is 0 Å². The third-order valence-electron chi connectivity index (χ3n) is 2.54. The Balaban J connectivity index is 2.49. The van der Waals surface area contributed by atoms with Crippen LogP contribution in [0.15, 0.2) is 24.5 Å². The number of amides is 1. The molecule has 0 bridgehead atoms. The number of halogens is 1. The van der Waals surface area contributed by atoms with E-state index in [1.165, 1.54) is 0 Å². The molecule has 2 heterocycles. The largest absolute Gasteiger partial charge is 0.369 e. The van der Waals surface area contributed by atoms with E-state index in [4.69, 9.17) is 17.3 Å². The summed E-state index contributed by atoms with van der Waals surface area (Å²) in [6.07, 6.45) is 4.19. The molecule has 5 heteroatoms. The standard InChI is InChI=1S/C11H12ClN3O/c1-2-8(11(13)16)9-6-15-5-7(12)3-4-10(15)14-9/h3-6,8H,2H2,1H3,(H2,13,16). The minimum absolute atomic E-state index is 0.335. The first-order valence-corrected chi connectivity index (χ1v) is 5.43. The van der Waals surface area contributed by atoms with Gasteiger partial charge in [-0.1, -0.05) is 18.5 Å². The lowest BCUT2D eigenvalue weighted by atomic mass is 10.0. The Labute approximate surface area is 98.0 Å². The summed E-state index contributed by atoms with van der Waals surface area (Å²) in [6.45, 7) is 1.91. The molecule has 0 aliphatic rings. The van der Waals surface area contributed by atoms with Crippen LogP contribution in [0.1, 0.15) is 25.0 Å². The van der Waals surface area contributed by atoms with Crippen LogP contribution >= 0.6 is 11.6 Å². The predicted molar refractivity (Wildman–Crippen MR) is 62.4 cm³/mol. The lowest BCUT2D eigenvalue weighted by Crippen LogP contribution is -2.20. The van der Waals surface area contributed by atoms with E-state index >= 15 is 0 Å². The Morgan fingerprint density at radius 3 is 2.94 bits per heavy atom. The van der Waals surface area contributed by atoms with Crippen molar-refractivity contribution in [3.05, 3.63) is 35.2 Å². The first kappa shape index (κ1) is 11.0. The highest BCUT2D eigenvalue weighted by atomic mass is 35.5. The SMILES string of the molecule is CCC(C(N)=O)c1cn2cc(Cl)ccc2n1. The summed E-state index contributed by atoms with van der Waals surface area (Å²) < 4.78 is 1.79. The maximum absolute atomic E-state index is 11.2. The molecule has 4 nitrogen and oxygen atoms in total. The average molecular weight is 238 g/mol. The van der Waals surface area contributed by atoms with Gasteiger partial charge >= 0.3 is 0 Å². The number of carbonyl (C=O) groups excluding carboxylic acids is 1. The van der Waals surface area contributed by atoms with Gasteiger partial charge in [0.2, 0.25) is 5.91 Å². The smallest absolute Gasteiger partial charge is 0.226 e. The van der Waals surface area contributed by atoms with Crippen LogP contribution < -0.4 is 5.73 Å². The molecule has 0 saturated heterocycles. The van der Waals surface area contributed by atoms with Gasteiger partial charge in [-0.3, -0.25) is 4.79 Å². The van der Waals surface area contributed by atoms with Gasteiger partial charge in [-0.25, -0.2) is 4.98 Å². The second-order valence-corrected chi connectivity index (χ2v) is 4.08. The lowest BCUT2D eigenvalue weighted by Gasteiger charge is -2.05. The maximum Gasteiger partial charge on any atom is 0.226 e. The van der Waals surface area contributed by atoms with Gasteiger partial charge in [0.25, 0.3) is 0 Å². The summed E-state index contributed by atoms with van der Waals surface area (Å²) >= 11 is 5.86. The number of hydrogen-bond donors (Lipinski definition) is 1. The van der Waals surface area contributed by atoms with Crippen molar-refractivity contribution in [2.75, 3.05) is 0 Å². The lowest BCUT2D eigenvalue weighted by molar-refractivity contribution is -0.119. The average Bonchev–Trinajstić information content (AvgIpc) is 2.60. The van der Waals surface area contributed by atoms with Crippen molar-refractivity contribution in [1.82, 2.24) is 9.38 Å². The number of primary amides is 1. The molecule has 0 radical (unpaired) electrons. The summed E-state index contributed by atoms with van der Waals surface area (Å²) in [7, 11) is 0. The van der Waals surface area contributed by atoms with Crippen molar-refractivity contribution in [3.8, 4) is 0 Å². The number of nitrogens with two attached hydrogens (primary N) is 1. The van der Waals surface area contributed by atoms with Crippen LogP contribution in [0.2, 0.25) is 5.02 Å². The second-order valence-electron chi connectivity index (χ2n) is 3.64. The van der Waals surface area contributed by atoms with Crippen LogP contribution in [-0.4, -0.2) is 15.3 Å². The molecule has 1 atom stereocenters. The molecule has 2 rings (SSSR count). The van der Waals surface area contributed by atoms with Crippen LogP contribution in [0.4, 0.5) is 0 Å². The molecule has 0 aliphatic heterocycles. The molecule has 0 aliphatic carbocycles. The van der Waals surface area contributed by atoms with E-state index < -0.39 is 0 Å². The number of hydrogen-bond acceptors (Lipinski definition) is 2. The highest BCUT2D eigenvalue weighted by molar-refractivity contribution is 6.30. The zero-order chi connectivity index (χ0) is 11.7. The van der Waals surface area contributed by atoms with Crippen LogP contribution in [0, 0.1) is 0 Å². The third-order valence-corrected chi connectivity index (χ3v) is 2.77. The molecule has 16 heavy (non-hydrogen) atoms. The Morgan fingerprint density at radius 1 is 1.56 bits per heavy atom. The number of pyridine rings is 1. The van der Waals surface area contributed by atoms with E-state index in [9.17, 15) is 4.79 Å². The maximum atomic E-state index is 11.2. The second kappa shape index (κ2) is 4.14. The van der Waals surface area contributed by atoms with E-state index in [0.29, 0.717) is 17.1 Å². The normalized spacial score (nSPS) is 12.9. The Morgan fingerprint density at radius 2 is 2.31 bits per heavy atom. The number of nitrogens with zero attached hydrogens (tertiary/aromatic N) is 2. The van der Waals surface area contributed by atoms with Gasteiger partial charge in [0, 0.05) is 12.4 Å². The van der Waals surface area contributed by atoms with Crippen LogP contribution in [0.5, 0.6) is 0 Å². The van der Waals surface area contributed by atoms with Gasteiger partial charge < -0.3 is 10.1 Å². The molecule has 0 saturated carbocycles. The summed E-state index contributed by atoms with van der Waals surface area (Å²) in [5.74, 6) is -0.685. The Bertz CT molecular complexity index is 535. The summed E-state index contributed by atoms with van der Waals surface area (Å²) in [6, 6.07) is 3.57. The molecule has 84 valence electrons. The molecule has 2 N–H and O–H groups in total. The van der Waals surface area contributed by atoms with Gasteiger partial charge in [-0.05, 0) is 18.6 Å². The Kier molecular flexibility index (Phi) is 2.83. The third kappa shape index (κ3) is 1.88. The highest BCUT2D eigenvalue weighted by Crippen LogP contribution is 2.20. The number of fused-ring (bicyclic) bond motifs is 1. The van der Waals surface area contributed by atoms with Crippen LogP contribution in [0.25, 0.3) is 5.65 Å². The number of rotatable bonds is 3. The number of aromatic nitrogens is 2. The molecular formula is C11H12ClN3O. The predicted octanol–water partition coefficient (Wildman–Crippen LogP) is 1.97. The van der Waals surface area contributed by atoms with Gasteiger partial charge in [0.15, 0.2) is 0 Å². The summed E-state index contributed by atoms with van der Waals surface area (Å²) in [5, 5.41) is 0.628. The number of carbonyl (C=O) groups is 1. The molecule has 0 fully saturated rings. The fourth-order valence-corrected chi connectivity index (χ4v) is 1.88. The summed E-state index contributed by atoms with van der Waals surface area (Å²) in [5.41, 5.74) is 6.77. The zero-order valence-electron chi connectivity index (χ0n) is 8.85. The minimum atomic E-state index is -0.350. The van der Waals surface area contributed by atoms with Gasteiger partial charge in [0.1, 0.15) is 5.65 Å². The molecule has 0 spiro atoms. The van der Waals surface area contributed by atoms with E-state index in [0.717, 1.165) is 5.65 Å². The van der Waals surface area contributed by atoms with E-state index in [-0.39, 0.29) is 11.8 Å². The van der Waals surface area contributed by atoms with Crippen molar-refractivity contribution in [2.24, 2.45) is 5.73 Å².